The Morgan fingerprint density at radius 2 is 1.59 bits per heavy atom. The maximum atomic E-state index is 13.2. The van der Waals surface area contributed by atoms with Crippen LogP contribution < -0.4 is 20.1 Å². The second-order valence-electron chi connectivity index (χ2n) is 8.82. The molecule has 0 atom stereocenters. The molecule has 4 rings (SSSR count). The predicted molar refractivity (Wildman–Crippen MR) is 141 cm³/mol. The molecule has 1 aliphatic rings. The van der Waals surface area contributed by atoms with Crippen molar-refractivity contribution < 1.29 is 24.2 Å². The SMILES string of the molecule is N#Cc1ccc(Oc2cc(OCc3cccc(Br)c3)cc(C(=O)NC3CCC(NC(=O)O)CC3)c2)cc1. The van der Waals surface area contributed by atoms with E-state index in [1.165, 1.54) is 0 Å². The van der Waals surface area contributed by atoms with Gasteiger partial charge in [0.25, 0.3) is 5.91 Å². The number of nitrogens with zero attached hydrogens (tertiary/aromatic N) is 1. The van der Waals surface area contributed by atoms with Crippen molar-refractivity contribution >= 4 is 27.9 Å². The Morgan fingerprint density at radius 3 is 2.24 bits per heavy atom. The highest BCUT2D eigenvalue weighted by molar-refractivity contribution is 9.10. The smallest absolute Gasteiger partial charge is 0.404 e. The molecule has 0 saturated heterocycles. The van der Waals surface area contributed by atoms with Crippen molar-refractivity contribution in [1.29, 1.82) is 5.26 Å². The first-order valence-electron chi connectivity index (χ1n) is 11.9. The van der Waals surface area contributed by atoms with Gasteiger partial charge in [-0.05, 0) is 79.8 Å². The predicted octanol–water partition coefficient (Wildman–Crippen LogP) is 6.00. The molecule has 1 fully saturated rings. The number of carbonyl (C=O) groups is 2. The van der Waals surface area contributed by atoms with E-state index in [4.69, 9.17) is 19.8 Å². The average molecular weight is 564 g/mol. The quantitative estimate of drug-likeness (QED) is 0.309. The third-order valence-electron chi connectivity index (χ3n) is 6.05. The van der Waals surface area contributed by atoms with E-state index in [0.29, 0.717) is 60.7 Å². The molecule has 0 bridgehead atoms. The lowest BCUT2D eigenvalue weighted by Crippen LogP contribution is -2.43. The van der Waals surface area contributed by atoms with Gasteiger partial charge in [0, 0.05) is 28.2 Å². The minimum atomic E-state index is -1.03. The van der Waals surface area contributed by atoms with Crippen molar-refractivity contribution in [1.82, 2.24) is 10.6 Å². The molecule has 1 saturated carbocycles. The molecule has 8 nitrogen and oxygen atoms in total. The maximum absolute atomic E-state index is 13.2. The van der Waals surface area contributed by atoms with Crippen molar-refractivity contribution in [3.63, 3.8) is 0 Å². The van der Waals surface area contributed by atoms with E-state index in [9.17, 15) is 9.59 Å². The lowest BCUT2D eigenvalue weighted by atomic mass is 9.91. The van der Waals surface area contributed by atoms with Crippen molar-refractivity contribution in [3.05, 3.63) is 87.9 Å². The van der Waals surface area contributed by atoms with Gasteiger partial charge in [-0.1, -0.05) is 28.1 Å². The first-order chi connectivity index (χ1) is 17.9. The number of rotatable bonds is 8. The number of hydrogen-bond acceptors (Lipinski definition) is 5. The Balaban J connectivity index is 1.49. The van der Waals surface area contributed by atoms with E-state index in [-0.39, 0.29) is 18.0 Å². The summed E-state index contributed by atoms with van der Waals surface area (Å²) in [5.74, 6) is 1.17. The number of carbonyl (C=O) groups excluding carboxylic acids is 1. The third-order valence-corrected chi connectivity index (χ3v) is 6.54. The number of amides is 2. The van der Waals surface area contributed by atoms with Gasteiger partial charge < -0.3 is 25.2 Å². The first-order valence-corrected chi connectivity index (χ1v) is 12.7. The molecule has 1 aliphatic carbocycles. The van der Waals surface area contributed by atoms with Crippen molar-refractivity contribution in [2.24, 2.45) is 0 Å². The first kappa shape index (κ1) is 26.0. The fourth-order valence-electron chi connectivity index (χ4n) is 4.20. The van der Waals surface area contributed by atoms with Gasteiger partial charge in [-0.2, -0.15) is 5.26 Å². The van der Waals surface area contributed by atoms with Crippen LogP contribution in [0, 0.1) is 11.3 Å². The van der Waals surface area contributed by atoms with E-state index in [1.54, 1.807) is 42.5 Å². The van der Waals surface area contributed by atoms with Crippen molar-refractivity contribution in [2.75, 3.05) is 0 Å². The summed E-state index contributed by atoms with van der Waals surface area (Å²) in [6.07, 6.45) is 1.68. The number of halogens is 1. The molecule has 190 valence electrons. The highest BCUT2D eigenvalue weighted by atomic mass is 79.9. The molecule has 2 amide bonds. The van der Waals surface area contributed by atoms with Crippen LogP contribution in [0.5, 0.6) is 17.2 Å². The normalized spacial score (nSPS) is 16.8. The van der Waals surface area contributed by atoms with Crippen molar-refractivity contribution in [3.8, 4) is 23.3 Å². The lowest BCUT2D eigenvalue weighted by molar-refractivity contribution is 0.0922. The second-order valence-corrected chi connectivity index (χ2v) is 9.74. The average Bonchev–Trinajstić information content (AvgIpc) is 2.89. The second kappa shape index (κ2) is 12.3. The van der Waals surface area contributed by atoms with Crippen LogP contribution in [-0.2, 0) is 6.61 Å². The Labute approximate surface area is 223 Å². The van der Waals surface area contributed by atoms with E-state index in [2.05, 4.69) is 32.6 Å². The molecule has 3 N–H and O–H groups in total. The number of carboxylic acid groups (broad SMARTS) is 1. The van der Waals surface area contributed by atoms with Crippen LogP contribution in [0.15, 0.2) is 71.2 Å². The van der Waals surface area contributed by atoms with E-state index in [1.807, 2.05) is 24.3 Å². The van der Waals surface area contributed by atoms with Gasteiger partial charge in [-0.25, -0.2) is 4.79 Å². The van der Waals surface area contributed by atoms with Crippen LogP contribution in [0.2, 0.25) is 0 Å². The Morgan fingerprint density at radius 1 is 0.919 bits per heavy atom. The largest absolute Gasteiger partial charge is 0.489 e. The summed E-state index contributed by atoms with van der Waals surface area (Å²) in [6.45, 7) is 0.307. The molecular weight excluding hydrogens is 538 g/mol. The van der Waals surface area contributed by atoms with Crippen LogP contribution in [-0.4, -0.2) is 29.2 Å². The Kier molecular flexibility index (Phi) is 8.64. The number of hydrogen-bond donors (Lipinski definition) is 3. The van der Waals surface area contributed by atoms with Crippen LogP contribution >= 0.6 is 15.9 Å². The minimum absolute atomic E-state index is 0.0477. The van der Waals surface area contributed by atoms with Gasteiger partial charge in [0.1, 0.15) is 23.9 Å². The standard InChI is InChI=1S/C28H26BrN3O5/c29-21-3-1-2-19(12-21)17-36-25-13-20(14-26(15-25)37-24-10-4-18(16-30)5-11-24)27(33)31-22-6-8-23(9-7-22)32-28(34)35/h1-5,10-15,22-23,32H,6-9,17H2,(H,31,33)(H,34,35). The molecule has 0 spiro atoms. The van der Waals surface area contributed by atoms with E-state index in [0.717, 1.165) is 10.0 Å². The van der Waals surface area contributed by atoms with Gasteiger partial charge in [0.05, 0.1) is 11.6 Å². The molecule has 0 aromatic heterocycles. The number of nitriles is 1. The van der Waals surface area contributed by atoms with Crippen LogP contribution in [0.4, 0.5) is 4.79 Å². The molecule has 0 aliphatic heterocycles. The molecule has 37 heavy (non-hydrogen) atoms. The topological polar surface area (TPSA) is 121 Å². The molecule has 3 aromatic rings. The highest BCUT2D eigenvalue weighted by Gasteiger charge is 2.24. The molecule has 0 unspecified atom stereocenters. The maximum Gasteiger partial charge on any atom is 0.404 e. The summed E-state index contributed by atoms with van der Waals surface area (Å²) in [6, 6.07) is 21.4. The monoisotopic (exact) mass is 563 g/mol. The van der Waals surface area contributed by atoms with Gasteiger partial charge >= 0.3 is 6.09 Å². The molecular formula is C28H26BrN3O5. The molecule has 0 heterocycles. The summed E-state index contributed by atoms with van der Waals surface area (Å²) < 4.78 is 12.9. The van der Waals surface area contributed by atoms with E-state index >= 15 is 0 Å². The number of ether oxygens (including phenoxy) is 2. The number of nitrogens with one attached hydrogen (secondary N) is 2. The summed E-state index contributed by atoms with van der Waals surface area (Å²) in [5, 5.41) is 23.5. The van der Waals surface area contributed by atoms with Crippen LogP contribution in [0.1, 0.15) is 47.2 Å². The molecule has 9 heteroatoms. The zero-order valence-corrected chi connectivity index (χ0v) is 21.5. The van der Waals surface area contributed by atoms with Gasteiger partial charge in [-0.15, -0.1) is 0 Å². The van der Waals surface area contributed by atoms with Gasteiger partial charge in [0.2, 0.25) is 0 Å². The highest BCUT2D eigenvalue weighted by Crippen LogP contribution is 2.29. The van der Waals surface area contributed by atoms with Crippen LogP contribution in [0.25, 0.3) is 0 Å². The van der Waals surface area contributed by atoms with Crippen molar-refractivity contribution in [2.45, 2.75) is 44.4 Å². The lowest BCUT2D eigenvalue weighted by Gasteiger charge is -2.29. The minimum Gasteiger partial charge on any atom is -0.489 e. The van der Waals surface area contributed by atoms with Gasteiger partial charge in [0.15, 0.2) is 0 Å². The summed E-state index contributed by atoms with van der Waals surface area (Å²) in [7, 11) is 0. The Bertz CT molecular complexity index is 1300. The fraction of sp³-hybridized carbons (Fsp3) is 0.250. The van der Waals surface area contributed by atoms with E-state index < -0.39 is 6.09 Å². The molecule has 3 aromatic carbocycles. The number of benzene rings is 3. The Hall–Kier alpha value is -4.03. The third kappa shape index (κ3) is 7.72. The summed E-state index contributed by atoms with van der Waals surface area (Å²) >= 11 is 3.46. The zero-order chi connectivity index (χ0) is 26.2. The summed E-state index contributed by atoms with van der Waals surface area (Å²) in [5.41, 5.74) is 1.87. The fourth-order valence-corrected chi connectivity index (χ4v) is 4.64. The molecule has 0 radical (unpaired) electrons. The van der Waals surface area contributed by atoms with Gasteiger partial charge in [-0.3, -0.25) is 4.79 Å². The van der Waals surface area contributed by atoms with Crippen LogP contribution in [0.3, 0.4) is 0 Å². The summed E-state index contributed by atoms with van der Waals surface area (Å²) in [4.78, 5) is 24.0. The zero-order valence-electron chi connectivity index (χ0n) is 19.9.